The summed E-state index contributed by atoms with van der Waals surface area (Å²) >= 11 is 7.20. The smallest absolute Gasteiger partial charge is 0.278 e. The first-order valence-corrected chi connectivity index (χ1v) is 5.47. The van der Waals surface area contributed by atoms with E-state index in [0.717, 1.165) is 4.88 Å². The monoisotopic (exact) mass is 241 g/mol. The molecule has 0 radical (unpaired) electrons. The molecule has 0 saturated heterocycles. The second kappa shape index (κ2) is 4.04. The topological polar surface area (TPSA) is 60.9 Å². The summed E-state index contributed by atoms with van der Waals surface area (Å²) in [5.74, 6) is 0. The second-order valence-corrected chi connectivity index (χ2v) is 4.35. The van der Waals surface area contributed by atoms with Gasteiger partial charge in [-0.15, -0.1) is 11.3 Å². The Morgan fingerprint density at radius 1 is 1.60 bits per heavy atom. The van der Waals surface area contributed by atoms with Crippen molar-refractivity contribution in [1.29, 1.82) is 0 Å². The number of anilines is 1. The van der Waals surface area contributed by atoms with Crippen molar-refractivity contribution in [1.82, 2.24) is 9.55 Å². The fourth-order valence-corrected chi connectivity index (χ4v) is 2.00. The summed E-state index contributed by atoms with van der Waals surface area (Å²) in [6.07, 6.45) is 1.40. The van der Waals surface area contributed by atoms with Gasteiger partial charge in [-0.2, -0.15) is 0 Å². The summed E-state index contributed by atoms with van der Waals surface area (Å²) in [5, 5.41) is 2.01. The molecule has 0 aromatic carbocycles. The maximum Gasteiger partial charge on any atom is 0.278 e. The first-order chi connectivity index (χ1) is 7.18. The highest BCUT2D eigenvalue weighted by Crippen LogP contribution is 2.12. The summed E-state index contributed by atoms with van der Waals surface area (Å²) in [5.41, 5.74) is 5.18. The largest absolute Gasteiger partial charge is 0.392 e. The molecule has 0 aliphatic rings. The van der Waals surface area contributed by atoms with E-state index in [2.05, 4.69) is 4.98 Å². The Kier molecular flexibility index (Phi) is 2.75. The molecule has 0 aliphatic carbocycles. The first-order valence-electron chi connectivity index (χ1n) is 4.21. The maximum atomic E-state index is 11.6. The van der Waals surface area contributed by atoms with Crippen molar-refractivity contribution >= 4 is 28.6 Å². The quantitative estimate of drug-likeness (QED) is 0.813. The Labute approximate surface area is 94.9 Å². The number of thiophene rings is 1. The number of hydrogen-bond donors (Lipinski definition) is 1. The molecule has 0 spiro atoms. The van der Waals surface area contributed by atoms with Gasteiger partial charge in [-0.05, 0) is 11.4 Å². The van der Waals surface area contributed by atoms with Crippen LogP contribution in [0.3, 0.4) is 0 Å². The Balaban J connectivity index is 2.38. The standard InChI is InChI=1S/C9H8ClN3OS/c10-8-7(11)9(14)13(5-12-8)4-6-2-1-3-15-6/h1-3,5H,4,11H2. The molecular weight excluding hydrogens is 234 g/mol. The predicted octanol–water partition coefficient (Wildman–Crippen LogP) is 1.59. The van der Waals surface area contributed by atoms with Crippen molar-refractivity contribution < 1.29 is 0 Å². The molecule has 0 saturated carbocycles. The minimum Gasteiger partial charge on any atom is -0.392 e. The Morgan fingerprint density at radius 2 is 2.40 bits per heavy atom. The second-order valence-electron chi connectivity index (χ2n) is 2.96. The van der Waals surface area contributed by atoms with Gasteiger partial charge in [-0.3, -0.25) is 9.36 Å². The molecule has 2 aromatic rings. The predicted molar refractivity (Wildman–Crippen MR) is 61.3 cm³/mol. The van der Waals surface area contributed by atoms with Crippen molar-refractivity contribution in [3.8, 4) is 0 Å². The lowest BCUT2D eigenvalue weighted by molar-refractivity contribution is 0.749. The van der Waals surface area contributed by atoms with Crippen LogP contribution in [0, 0.1) is 0 Å². The molecule has 15 heavy (non-hydrogen) atoms. The lowest BCUT2D eigenvalue weighted by Crippen LogP contribution is -2.23. The molecule has 2 heterocycles. The SMILES string of the molecule is Nc1c(Cl)ncn(Cc2cccs2)c1=O. The summed E-state index contributed by atoms with van der Waals surface area (Å²) in [4.78, 5) is 16.5. The zero-order chi connectivity index (χ0) is 10.8. The van der Waals surface area contributed by atoms with E-state index in [1.807, 2.05) is 17.5 Å². The Hall–Kier alpha value is -1.33. The Morgan fingerprint density at radius 3 is 3.07 bits per heavy atom. The van der Waals surface area contributed by atoms with Gasteiger partial charge in [0, 0.05) is 4.88 Å². The summed E-state index contributed by atoms with van der Waals surface area (Å²) < 4.78 is 1.44. The molecule has 78 valence electrons. The van der Waals surface area contributed by atoms with E-state index in [-0.39, 0.29) is 16.4 Å². The zero-order valence-corrected chi connectivity index (χ0v) is 9.26. The molecule has 2 aromatic heterocycles. The van der Waals surface area contributed by atoms with E-state index in [1.165, 1.54) is 10.9 Å². The number of hydrogen-bond acceptors (Lipinski definition) is 4. The van der Waals surface area contributed by atoms with Gasteiger partial charge in [0.05, 0.1) is 12.9 Å². The van der Waals surface area contributed by atoms with Crippen LogP contribution in [0.5, 0.6) is 0 Å². The maximum absolute atomic E-state index is 11.6. The van der Waals surface area contributed by atoms with Crippen LogP contribution < -0.4 is 11.3 Å². The molecule has 2 N–H and O–H groups in total. The normalized spacial score (nSPS) is 10.5. The molecular formula is C9H8ClN3OS. The van der Waals surface area contributed by atoms with Gasteiger partial charge in [-0.25, -0.2) is 4.98 Å². The van der Waals surface area contributed by atoms with Crippen molar-refractivity contribution in [2.75, 3.05) is 5.73 Å². The number of rotatable bonds is 2. The third kappa shape index (κ3) is 2.03. The molecule has 6 heteroatoms. The average Bonchev–Trinajstić information content (AvgIpc) is 2.72. The minimum atomic E-state index is -0.302. The van der Waals surface area contributed by atoms with E-state index < -0.39 is 0 Å². The van der Waals surface area contributed by atoms with Crippen molar-refractivity contribution in [3.05, 3.63) is 44.2 Å². The van der Waals surface area contributed by atoms with Crippen LogP contribution in [0.2, 0.25) is 5.15 Å². The van der Waals surface area contributed by atoms with Gasteiger partial charge < -0.3 is 5.73 Å². The fraction of sp³-hybridized carbons (Fsp3) is 0.111. The van der Waals surface area contributed by atoms with E-state index in [4.69, 9.17) is 17.3 Å². The highest BCUT2D eigenvalue weighted by atomic mass is 35.5. The fourth-order valence-electron chi connectivity index (χ4n) is 1.17. The lowest BCUT2D eigenvalue weighted by Gasteiger charge is -2.04. The zero-order valence-electron chi connectivity index (χ0n) is 7.68. The highest BCUT2D eigenvalue weighted by molar-refractivity contribution is 7.09. The molecule has 0 amide bonds. The van der Waals surface area contributed by atoms with Crippen LogP contribution in [0.15, 0.2) is 28.6 Å². The first kappa shape index (κ1) is 10.2. The van der Waals surface area contributed by atoms with Crippen LogP contribution in [0.4, 0.5) is 5.69 Å². The lowest BCUT2D eigenvalue weighted by atomic mass is 10.4. The average molecular weight is 242 g/mol. The van der Waals surface area contributed by atoms with E-state index >= 15 is 0 Å². The number of halogens is 1. The summed E-state index contributed by atoms with van der Waals surface area (Å²) in [6, 6.07) is 3.87. The van der Waals surface area contributed by atoms with Gasteiger partial charge in [0.15, 0.2) is 5.15 Å². The molecule has 2 rings (SSSR count). The molecule has 0 atom stereocenters. The van der Waals surface area contributed by atoms with Crippen LogP contribution in [-0.4, -0.2) is 9.55 Å². The minimum absolute atomic E-state index is 0.00396. The van der Waals surface area contributed by atoms with Crippen LogP contribution in [-0.2, 0) is 6.54 Å². The Bertz CT molecular complexity index is 521. The summed E-state index contributed by atoms with van der Waals surface area (Å²) in [6.45, 7) is 0.477. The van der Waals surface area contributed by atoms with Gasteiger partial charge in [-0.1, -0.05) is 17.7 Å². The molecule has 0 bridgehead atoms. The van der Waals surface area contributed by atoms with E-state index in [1.54, 1.807) is 11.3 Å². The molecule has 0 fully saturated rings. The third-order valence-corrected chi connectivity index (χ3v) is 3.09. The molecule has 0 unspecified atom stereocenters. The number of nitrogens with zero attached hydrogens (tertiary/aromatic N) is 2. The van der Waals surface area contributed by atoms with Gasteiger partial charge in [0.1, 0.15) is 5.69 Å². The van der Waals surface area contributed by atoms with E-state index in [9.17, 15) is 4.79 Å². The number of aromatic nitrogens is 2. The molecule has 0 aliphatic heterocycles. The third-order valence-electron chi connectivity index (χ3n) is 1.93. The van der Waals surface area contributed by atoms with Crippen molar-refractivity contribution in [2.24, 2.45) is 0 Å². The molecule has 4 nitrogen and oxygen atoms in total. The van der Waals surface area contributed by atoms with Gasteiger partial charge in [0.25, 0.3) is 5.56 Å². The number of nitrogens with two attached hydrogens (primary N) is 1. The van der Waals surface area contributed by atoms with Gasteiger partial charge in [0.2, 0.25) is 0 Å². The van der Waals surface area contributed by atoms with Crippen LogP contribution >= 0.6 is 22.9 Å². The van der Waals surface area contributed by atoms with Crippen LogP contribution in [0.1, 0.15) is 4.88 Å². The van der Waals surface area contributed by atoms with Crippen molar-refractivity contribution in [3.63, 3.8) is 0 Å². The summed E-state index contributed by atoms with van der Waals surface area (Å²) in [7, 11) is 0. The van der Waals surface area contributed by atoms with Crippen LogP contribution in [0.25, 0.3) is 0 Å². The van der Waals surface area contributed by atoms with Crippen molar-refractivity contribution in [2.45, 2.75) is 6.54 Å². The van der Waals surface area contributed by atoms with E-state index in [0.29, 0.717) is 6.54 Å². The number of nitrogen functional groups attached to an aromatic ring is 1. The highest BCUT2D eigenvalue weighted by Gasteiger charge is 2.06. The van der Waals surface area contributed by atoms with Gasteiger partial charge >= 0.3 is 0 Å².